The Balaban J connectivity index is 2.09. The number of nitrogens with one attached hydrogen (secondary N) is 1. The van der Waals surface area contributed by atoms with Gasteiger partial charge in [0.15, 0.2) is 0 Å². The first-order chi connectivity index (χ1) is 9.28. The van der Waals surface area contributed by atoms with Crippen LogP contribution < -0.4 is 11.3 Å². The molecule has 0 amide bonds. The molecule has 0 aliphatic carbocycles. The summed E-state index contributed by atoms with van der Waals surface area (Å²) < 4.78 is 2.06. The molecule has 0 aliphatic heterocycles. The van der Waals surface area contributed by atoms with Crippen molar-refractivity contribution < 1.29 is 0 Å². The van der Waals surface area contributed by atoms with E-state index >= 15 is 0 Å². The van der Waals surface area contributed by atoms with Gasteiger partial charge in [0.1, 0.15) is 11.6 Å². The summed E-state index contributed by atoms with van der Waals surface area (Å²) in [5, 5.41) is 1.11. The highest BCUT2D eigenvalue weighted by atomic mass is 15.3. The molecule has 2 heterocycles. The SMILES string of the molecule is Cc1nccn1Cc1cc2ccccc2nc1NN. The molecular formula is C14H15N5. The number of hydrogen-bond donors (Lipinski definition) is 2. The number of imidazole rings is 1. The molecule has 0 bridgehead atoms. The number of nitrogens with zero attached hydrogens (tertiary/aromatic N) is 3. The first kappa shape index (κ1) is 11.7. The molecule has 19 heavy (non-hydrogen) atoms. The quantitative estimate of drug-likeness (QED) is 0.554. The Hall–Kier alpha value is -2.40. The molecule has 0 fully saturated rings. The van der Waals surface area contributed by atoms with E-state index in [2.05, 4.69) is 26.0 Å². The zero-order chi connectivity index (χ0) is 13.2. The molecule has 0 atom stereocenters. The van der Waals surface area contributed by atoms with Crippen molar-refractivity contribution >= 4 is 16.7 Å². The zero-order valence-corrected chi connectivity index (χ0v) is 10.7. The molecule has 3 N–H and O–H groups in total. The summed E-state index contributed by atoms with van der Waals surface area (Å²) in [7, 11) is 0. The normalized spacial score (nSPS) is 10.8. The average Bonchev–Trinajstić information content (AvgIpc) is 2.83. The molecule has 96 valence electrons. The summed E-state index contributed by atoms with van der Waals surface area (Å²) in [6.45, 7) is 2.67. The van der Waals surface area contributed by atoms with Gasteiger partial charge in [0.25, 0.3) is 0 Å². The number of rotatable bonds is 3. The van der Waals surface area contributed by atoms with E-state index in [0.717, 1.165) is 22.3 Å². The molecule has 0 saturated heterocycles. The van der Waals surface area contributed by atoms with E-state index in [1.165, 1.54) is 0 Å². The Morgan fingerprint density at radius 3 is 2.89 bits per heavy atom. The number of benzene rings is 1. The van der Waals surface area contributed by atoms with Crippen LogP contribution in [-0.4, -0.2) is 14.5 Å². The Morgan fingerprint density at radius 1 is 1.32 bits per heavy atom. The molecule has 2 aromatic heterocycles. The number of hydrogen-bond acceptors (Lipinski definition) is 4. The Bertz CT molecular complexity index is 717. The molecule has 0 spiro atoms. The third kappa shape index (κ3) is 2.15. The van der Waals surface area contributed by atoms with Crippen molar-refractivity contribution in [3.63, 3.8) is 0 Å². The summed E-state index contributed by atoms with van der Waals surface area (Å²) in [4.78, 5) is 8.76. The van der Waals surface area contributed by atoms with Crippen LogP contribution >= 0.6 is 0 Å². The standard InChI is InChI=1S/C14H15N5/c1-10-16-6-7-19(10)9-12-8-11-4-2-3-5-13(11)17-14(12)18-15/h2-8H,9,15H2,1H3,(H,17,18). The molecule has 3 aromatic rings. The van der Waals surface area contributed by atoms with Gasteiger partial charge in [-0.1, -0.05) is 18.2 Å². The van der Waals surface area contributed by atoms with Crippen LogP contribution in [0.2, 0.25) is 0 Å². The van der Waals surface area contributed by atoms with Crippen LogP contribution in [0.15, 0.2) is 42.7 Å². The maximum Gasteiger partial charge on any atom is 0.145 e. The number of aryl methyl sites for hydroxylation is 1. The highest BCUT2D eigenvalue weighted by Crippen LogP contribution is 2.21. The van der Waals surface area contributed by atoms with E-state index in [9.17, 15) is 0 Å². The van der Waals surface area contributed by atoms with Gasteiger partial charge in [0, 0.05) is 23.3 Å². The average molecular weight is 253 g/mol. The lowest BCUT2D eigenvalue weighted by atomic mass is 10.1. The molecule has 3 rings (SSSR count). The molecular weight excluding hydrogens is 238 g/mol. The van der Waals surface area contributed by atoms with E-state index in [1.807, 2.05) is 37.4 Å². The summed E-state index contributed by atoms with van der Waals surface area (Å²) in [5.41, 5.74) is 4.65. The molecule has 0 radical (unpaired) electrons. The predicted molar refractivity (Wildman–Crippen MR) is 75.6 cm³/mol. The zero-order valence-electron chi connectivity index (χ0n) is 10.7. The molecule has 0 saturated carbocycles. The van der Waals surface area contributed by atoms with Gasteiger partial charge in [-0.25, -0.2) is 15.8 Å². The maximum absolute atomic E-state index is 5.57. The van der Waals surface area contributed by atoms with Gasteiger partial charge in [0.2, 0.25) is 0 Å². The van der Waals surface area contributed by atoms with E-state index < -0.39 is 0 Å². The van der Waals surface area contributed by atoms with Crippen molar-refractivity contribution in [3.05, 3.63) is 54.1 Å². The molecule has 5 nitrogen and oxygen atoms in total. The first-order valence-corrected chi connectivity index (χ1v) is 6.11. The van der Waals surface area contributed by atoms with E-state index in [4.69, 9.17) is 5.84 Å². The van der Waals surface area contributed by atoms with Crippen molar-refractivity contribution in [1.29, 1.82) is 0 Å². The highest BCUT2D eigenvalue weighted by molar-refractivity contribution is 5.81. The van der Waals surface area contributed by atoms with Crippen molar-refractivity contribution in [2.24, 2.45) is 5.84 Å². The van der Waals surface area contributed by atoms with Crippen LogP contribution in [0, 0.1) is 6.92 Å². The van der Waals surface area contributed by atoms with Crippen molar-refractivity contribution in [2.75, 3.05) is 5.43 Å². The van der Waals surface area contributed by atoms with Crippen LogP contribution in [0.5, 0.6) is 0 Å². The van der Waals surface area contributed by atoms with E-state index in [-0.39, 0.29) is 0 Å². The fourth-order valence-electron chi connectivity index (χ4n) is 2.16. The van der Waals surface area contributed by atoms with Gasteiger partial charge in [-0.15, -0.1) is 0 Å². The van der Waals surface area contributed by atoms with Gasteiger partial charge in [-0.05, 0) is 19.1 Å². The predicted octanol–water partition coefficient (Wildman–Crippen LogP) is 2.07. The van der Waals surface area contributed by atoms with Gasteiger partial charge < -0.3 is 9.99 Å². The third-order valence-electron chi connectivity index (χ3n) is 3.20. The fraction of sp³-hybridized carbons (Fsp3) is 0.143. The second-order valence-electron chi connectivity index (χ2n) is 4.44. The second kappa shape index (κ2) is 4.70. The van der Waals surface area contributed by atoms with Crippen LogP contribution in [-0.2, 0) is 6.54 Å². The lowest BCUT2D eigenvalue weighted by molar-refractivity contribution is 0.761. The van der Waals surface area contributed by atoms with Crippen molar-refractivity contribution in [1.82, 2.24) is 14.5 Å². The van der Waals surface area contributed by atoms with Crippen molar-refractivity contribution in [2.45, 2.75) is 13.5 Å². The Labute approximate surface area is 111 Å². The van der Waals surface area contributed by atoms with E-state index in [1.54, 1.807) is 6.20 Å². The van der Waals surface area contributed by atoms with Gasteiger partial charge in [0.05, 0.1) is 12.1 Å². The smallest absolute Gasteiger partial charge is 0.145 e. The number of fused-ring (bicyclic) bond motifs is 1. The first-order valence-electron chi connectivity index (χ1n) is 6.11. The molecule has 1 aromatic carbocycles. The lowest BCUT2D eigenvalue weighted by Crippen LogP contribution is -2.13. The van der Waals surface area contributed by atoms with E-state index in [0.29, 0.717) is 12.4 Å². The minimum absolute atomic E-state index is 0.698. The number of aromatic nitrogens is 3. The number of para-hydroxylation sites is 1. The molecule has 0 unspecified atom stereocenters. The van der Waals surface area contributed by atoms with Crippen LogP contribution in [0.1, 0.15) is 11.4 Å². The lowest BCUT2D eigenvalue weighted by Gasteiger charge is -2.11. The number of hydrazine groups is 1. The Kier molecular flexibility index (Phi) is 2.89. The van der Waals surface area contributed by atoms with Crippen LogP contribution in [0.3, 0.4) is 0 Å². The van der Waals surface area contributed by atoms with Crippen LogP contribution in [0.4, 0.5) is 5.82 Å². The maximum atomic E-state index is 5.57. The number of pyridine rings is 1. The third-order valence-corrected chi connectivity index (χ3v) is 3.20. The van der Waals surface area contributed by atoms with Gasteiger partial charge >= 0.3 is 0 Å². The largest absolute Gasteiger partial charge is 0.331 e. The van der Waals surface area contributed by atoms with Crippen LogP contribution in [0.25, 0.3) is 10.9 Å². The summed E-state index contributed by atoms with van der Waals surface area (Å²) in [5.74, 6) is 7.24. The molecule has 0 aliphatic rings. The Morgan fingerprint density at radius 2 is 2.16 bits per heavy atom. The summed E-state index contributed by atoms with van der Waals surface area (Å²) in [6, 6.07) is 10.1. The highest BCUT2D eigenvalue weighted by Gasteiger charge is 2.07. The van der Waals surface area contributed by atoms with Gasteiger partial charge in [-0.3, -0.25) is 0 Å². The van der Waals surface area contributed by atoms with Gasteiger partial charge in [-0.2, -0.15) is 0 Å². The second-order valence-corrected chi connectivity index (χ2v) is 4.44. The fourth-order valence-corrected chi connectivity index (χ4v) is 2.16. The van der Waals surface area contributed by atoms with Crippen molar-refractivity contribution in [3.8, 4) is 0 Å². The topological polar surface area (TPSA) is 68.8 Å². The number of anilines is 1. The number of nitrogen functional groups attached to an aromatic ring is 1. The monoisotopic (exact) mass is 253 g/mol. The summed E-state index contributed by atoms with van der Waals surface area (Å²) >= 11 is 0. The summed E-state index contributed by atoms with van der Waals surface area (Å²) in [6.07, 6.45) is 3.74. The number of nitrogens with two attached hydrogens (primary N) is 1. The minimum atomic E-state index is 0.698. The molecule has 5 heteroatoms. The minimum Gasteiger partial charge on any atom is -0.331 e.